The minimum absolute atomic E-state index is 0.159. The van der Waals surface area contributed by atoms with E-state index in [0.717, 1.165) is 25.1 Å². The van der Waals surface area contributed by atoms with Crippen LogP contribution in [0.5, 0.6) is 11.5 Å². The Morgan fingerprint density at radius 2 is 2.04 bits per heavy atom. The number of benzene rings is 2. The molecule has 0 unspecified atom stereocenters. The summed E-state index contributed by atoms with van der Waals surface area (Å²) in [5.41, 5.74) is 2.04. The van der Waals surface area contributed by atoms with Gasteiger partial charge in [-0.2, -0.15) is 0 Å². The average molecular weight is 384 g/mol. The van der Waals surface area contributed by atoms with Crippen molar-refractivity contribution in [1.82, 2.24) is 4.90 Å². The maximum absolute atomic E-state index is 12.8. The molecule has 0 bridgehead atoms. The van der Waals surface area contributed by atoms with Crippen LogP contribution in [-0.4, -0.2) is 28.9 Å². The topological polar surface area (TPSA) is 49.8 Å². The number of ketones is 1. The second-order valence-electron chi connectivity index (χ2n) is 7.41. The molecule has 0 saturated carbocycles. The molecule has 0 spiro atoms. The van der Waals surface area contributed by atoms with Gasteiger partial charge >= 0.3 is 0 Å². The van der Waals surface area contributed by atoms with Crippen molar-refractivity contribution in [3.63, 3.8) is 0 Å². The first kappa shape index (κ1) is 18.1. The van der Waals surface area contributed by atoms with E-state index in [-0.39, 0.29) is 17.3 Å². The number of carbonyl (C=O) groups is 1. The Morgan fingerprint density at radius 1 is 1.26 bits per heavy atom. The number of nitrogens with zero attached hydrogens (tertiary/aromatic N) is 1. The summed E-state index contributed by atoms with van der Waals surface area (Å²) < 4.78 is 5.93. The number of phenols is 1. The summed E-state index contributed by atoms with van der Waals surface area (Å²) in [5, 5.41) is 11.1. The van der Waals surface area contributed by atoms with Crippen molar-refractivity contribution in [2.24, 2.45) is 5.92 Å². The quantitative estimate of drug-likeness (QED) is 0.766. The molecule has 0 amide bonds. The van der Waals surface area contributed by atoms with Gasteiger partial charge in [0.05, 0.1) is 11.1 Å². The maximum atomic E-state index is 12.8. The molecule has 1 N–H and O–H groups in total. The number of likely N-dealkylation sites (tertiary alicyclic amines) is 1. The Bertz CT molecular complexity index is 905. The SMILES string of the molecule is C[C@H]1CCCN(Cc2c(O)ccc3c2O/C(=C\c2ccc(Cl)cc2)C3=O)C1. The van der Waals surface area contributed by atoms with Crippen molar-refractivity contribution in [3.05, 3.63) is 63.9 Å². The van der Waals surface area contributed by atoms with Crippen LogP contribution < -0.4 is 4.74 Å². The summed E-state index contributed by atoms with van der Waals surface area (Å²) >= 11 is 5.92. The summed E-state index contributed by atoms with van der Waals surface area (Å²) in [4.78, 5) is 15.1. The molecule has 2 aliphatic heterocycles. The van der Waals surface area contributed by atoms with E-state index in [9.17, 15) is 9.90 Å². The number of fused-ring (bicyclic) bond motifs is 1. The van der Waals surface area contributed by atoms with Crippen LogP contribution in [0.2, 0.25) is 5.02 Å². The molecule has 2 aromatic rings. The molecule has 0 radical (unpaired) electrons. The van der Waals surface area contributed by atoms with Crippen LogP contribution >= 0.6 is 11.6 Å². The van der Waals surface area contributed by atoms with Gasteiger partial charge in [0.15, 0.2) is 5.76 Å². The van der Waals surface area contributed by atoms with Crippen molar-refractivity contribution in [2.75, 3.05) is 13.1 Å². The highest BCUT2D eigenvalue weighted by molar-refractivity contribution is 6.30. The molecule has 2 aromatic carbocycles. The highest BCUT2D eigenvalue weighted by Gasteiger charge is 2.32. The summed E-state index contributed by atoms with van der Waals surface area (Å²) in [6, 6.07) is 10.4. The Morgan fingerprint density at radius 3 is 2.78 bits per heavy atom. The van der Waals surface area contributed by atoms with Crippen LogP contribution in [0.1, 0.15) is 41.3 Å². The Labute approximate surface area is 164 Å². The molecular formula is C22H22ClNO3. The number of carbonyl (C=O) groups excluding carboxylic acids is 1. The largest absolute Gasteiger partial charge is 0.507 e. The van der Waals surface area contributed by atoms with Crippen molar-refractivity contribution in [1.29, 1.82) is 0 Å². The van der Waals surface area contributed by atoms with Gasteiger partial charge in [0, 0.05) is 18.1 Å². The highest BCUT2D eigenvalue weighted by atomic mass is 35.5. The van der Waals surface area contributed by atoms with E-state index in [0.29, 0.717) is 34.4 Å². The van der Waals surface area contributed by atoms with Gasteiger partial charge in [0.25, 0.3) is 0 Å². The fourth-order valence-electron chi connectivity index (χ4n) is 3.81. The molecule has 4 rings (SSSR count). The molecule has 1 fully saturated rings. The number of hydrogen-bond donors (Lipinski definition) is 1. The van der Waals surface area contributed by atoms with E-state index >= 15 is 0 Å². The zero-order valence-corrected chi connectivity index (χ0v) is 16.0. The third kappa shape index (κ3) is 3.73. The third-order valence-corrected chi connectivity index (χ3v) is 5.46. The molecule has 0 aliphatic carbocycles. The molecule has 2 heterocycles. The lowest BCUT2D eigenvalue weighted by Gasteiger charge is -2.31. The van der Waals surface area contributed by atoms with Gasteiger partial charge in [0.2, 0.25) is 5.78 Å². The van der Waals surface area contributed by atoms with E-state index < -0.39 is 0 Å². The summed E-state index contributed by atoms with van der Waals surface area (Å²) in [5.74, 6) is 1.41. The number of rotatable bonds is 3. The van der Waals surface area contributed by atoms with Crippen LogP contribution in [0, 0.1) is 5.92 Å². The average Bonchev–Trinajstić information content (AvgIpc) is 2.96. The third-order valence-electron chi connectivity index (χ3n) is 5.21. The lowest BCUT2D eigenvalue weighted by atomic mass is 9.99. The van der Waals surface area contributed by atoms with Gasteiger partial charge in [-0.1, -0.05) is 30.7 Å². The number of ether oxygens (including phenoxy) is 1. The molecule has 1 saturated heterocycles. The van der Waals surface area contributed by atoms with Crippen LogP contribution in [0.3, 0.4) is 0 Å². The van der Waals surface area contributed by atoms with Gasteiger partial charge in [0.1, 0.15) is 11.5 Å². The van der Waals surface area contributed by atoms with Gasteiger partial charge in [-0.15, -0.1) is 0 Å². The number of phenolic OH excluding ortho intramolecular Hbond substituents is 1. The number of aromatic hydroxyl groups is 1. The minimum Gasteiger partial charge on any atom is -0.507 e. The molecule has 27 heavy (non-hydrogen) atoms. The van der Waals surface area contributed by atoms with Crippen LogP contribution in [-0.2, 0) is 6.54 Å². The zero-order valence-electron chi connectivity index (χ0n) is 15.2. The first-order valence-corrected chi connectivity index (χ1v) is 9.66. The number of piperidine rings is 1. The summed E-state index contributed by atoms with van der Waals surface area (Å²) in [7, 11) is 0. The van der Waals surface area contributed by atoms with Crippen molar-refractivity contribution in [2.45, 2.75) is 26.3 Å². The Kier molecular flexibility index (Phi) is 4.94. The highest BCUT2D eigenvalue weighted by Crippen LogP contribution is 2.40. The number of allylic oxidation sites excluding steroid dienone is 1. The van der Waals surface area contributed by atoms with Crippen LogP contribution in [0.4, 0.5) is 0 Å². The fourth-order valence-corrected chi connectivity index (χ4v) is 3.94. The molecule has 4 nitrogen and oxygen atoms in total. The molecule has 2 aliphatic rings. The fraction of sp³-hybridized carbons (Fsp3) is 0.318. The van der Waals surface area contributed by atoms with Gasteiger partial charge in [-0.25, -0.2) is 0 Å². The van der Waals surface area contributed by atoms with E-state index in [1.807, 2.05) is 12.1 Å². The van der Waals surface area contributed by atoms with Crippen molar-refractivity contribution >= 4 is 23.5 Å². The van der Waals surface area contributed by atoms with Gasteiger partial charge in [-0.3, -0.25) is 9.69 Å². The lowest BCUT2D eigenvalue weighted by Crippen LogP contribution is -2.33. The van der Waals surface area contributed by atoms with Gasteiger partial charge < -0.3 is 9.84 Å². The summed E-state index contributed by atoms with van der Waals surface area (Å²) in [6.07, 6.45) is 4.10. The number of Topliss-reactive ketones (excluding diaryl/α,β-unsaturated/α-hetero) is 1. The number of halogens is 1. The second-order valence-corrected chi connectivity index (χ2v) is 7.85. The first-order valence-electron chi connectivity index (χ1n) is 9.28. The zero-order chi connectivity index (χ0) is 19.0. The maximum Gasteiger partial charge on any atom is 0.231 e. The van der Waals surface area contributed by atoms with Crippen LogP contribution in [0.25, 0.3) is 6.08 Å². The standard InChI is InChI=1S/C22H22ClNO3/c1-14-3-2-10-24(12-14)13-18-19(25)9-8-17-21(26)20(27-22(17)18)11-15-4-6-16(23)7-5-15/h4-9,11,14,25H,2-3,10,12-13H2,1H3/b20-11-/t14-/m0/s1. The van der Waals surface area contributed by atoms with E-state index in [1.165, 1.54) is 6.42 Å². The normalized spacial score (nSPS) is 21.3. The van der Waals surface area contributed by atoms with Crippen molar-refractivity contribution in [3.8, 4) is 11.5 Å². The first-order chi connectivity index (χ1) is 13.0. The smallest absolute Gasteiger partial charge is 0.231 e. The molecule has 5 heteroatoms. The minimum atomic E-state index is -0.159. The monoisotopic (exact) mass is 383 g/mol. The molecule has 1 atom stereocenters. The van der Waals surface area contributed by atoms with Gasteiger partial charge in [-0.05, 0) is 61.2 Å². The van der Waals surface area contributed by atoms with E-state index in [2.05, 4.69) is 11.8 Å². The van der Waals surface area contributed by atoms with Crippen LogP contribution in [0.15, 0.2) is 42.2 Å². The Hall–Kier alpha value is -2.30. The predicted molar refractivity (Wildman–Crippen MR) is 106 cm³/mol. The Balaban J connectivity index is 1.63. The molecule has 140 valence electrons. The predicted octanol–water partition coefficient (Wildman–Crippen LogP) is 4.89. The lowest BCUT2D eigenvalue weighted by molar-refractivity contribution is 0.101. The van der Waals surface area contributed by atoms with Crippen molar-refractivity contribution < 1.29 is 14.6 Å². The summed E-state index contributed by atoms with van der Waals surface area (Å²) in [6.45, 7) is 4.81. The van der Waals surface area contributed by atoms with E-state index in [4.69, 9.17) is 16.3 Å². The molecular weight excluding hydrogens is 362 g/mol. The number of hydrogen-bond acceptors (Lipinski definition) is 4. The van der Waals surface area contributed by atoms with E-state index in [1.54, 1.807) is 30.3 Å². The molecule has 0 aromatic heterocycles. The second kappa shape index (κ2) is 7.37.